The zero-order valence-corrected chi connectivity index (χ0v) is 9.50. The first kappa shape index (κ1) is 10.6. The molecule has 15 heavy (non-hydrogen) atoms. The Hall–Kier alpha value is -0.870. The summed E-state index contributed by atoms with van der Waals surface area (Å²) in [6, 6.07) is 6.85. The van der Waals surface area contributed by atoms with E-state index in [2.05, 4.69) is 0 Å². The molecule has 1 aromatic carbocycles. The minimum Gasteiger partial charge on any atom is -0.324 e. The van der Waals surface area contributed by atoms with Crippen LogP contribution in [0.3, 0.4) is 0 Å². The Morgan fingerprint density at radius 2 is 1.80 bits per heavy atom. The van der Waals surface area contributed by atoms with Gasteiger partial charge in [0.1, 0.15) is 0 Å². The van der Waals surface area contributed by atoms with Crippen LogP contribution in [-0.2, 0) is 9.84 Å². The van der Waals surface area contributed by atoms with E-state index in [0.717, 1.165) is 18.4 Å². The van der Waals surface area contributed by atoms with Crippen molar-refractivity contribution in [1.82, 2.24) is 0 Å². The predicted molar refractivity (Wildman–Crippen MR) is 59.3 cm³/mol. The van der Waals surface area contributed by atoms with Gasteiger partial charge in [0.05, 0.1) is 10.1 Å². The van der Waals surface area contributed by atoms with E-state index in [4.69, 9.17) is 5.73 Å². The normalized spacial score (nSPS) is 18.8. The maximum atomic E-state index is 11.8. The van der Waals surface area contributed by atoms with Gasteiger partial charge in [0.2, 0.25) is 0 Å². The molecule has 0 amide bonds. The molecule has 1 saturated carbocycles. The molecule has 0 aliphatic heterocycles. The molecule has 1 atom stereocenters. The van der Waals surface area contributed by atoms with Crippen molar-refractivity contribution in [1.29, 1.82) is 0 Å². The first-order chi connectivity index (χ1) is 7.01. The van der Waals surface area contributed by atoms with E-state index in [1.165, 1.54) is 0 Å². The van der Waals surface area contributed by atoms with E-state index in [0.29, 0.717) is 4.90 Å². The maximum absolute atomic E-state index is 11.8. The molecule has 3 nitrogen and oxygen atoms in total. The summed E-state index contributed by atoms with van der Waals surface area (Å²) in [4.78, 5) is 0.425. The summed E-state index contributed by atoms with van der Waals surface area (Å²) in [5, 5.41) is -0.140. The Morgan fingerprint density at radius 1 is 1.27 bits per heavy atom. The molecule has 2 rings (SSSR count). The number of hydrogen-bond acceptors (Lipinski definition) is 3. The first-order valence-electron chi connectivity index (χ1n) is 5.11. The van der Waals surface area contributed by atoms with Gasteiger partial charge in [-0.25, -0.2) is 8.42 Å². The van der Waals surface area contributed by atoms with Gasteiger partial charge in [-0.05, 0) is 37.5 Å². The van der Waals surface area contributed by atoms with Crippen LogP contribution in [0, 0.1) is 0 Å². The van der Waals surface area contributed by atoms with Crippen molar-refractivity contribution in [2.75, 3.05) is 0 Å². The fourth-order valence-electron chi connectivity index (χ4n) is 1.53. The van der Waals surface area contributed by atoms with Crippen LogP contribution in [0.4, 0.5) is 0 Å². The zero-order chi connectivity index (χ0) is 11.1. The Labute approximate surface area is 90.2 Å². The van der Waals surface area contributed by atoms with E-state index >= 15 is 0 Å². The minimum absolute atomic E-state index is 0.0531. The molecular weight excluding hydrogens is 210 g/mol. The molecule has 1 aromatic rings. The SMILES string of the molecule is CC(N)c1ccc(S(=O)(=O)C2CC2)cc1. The van der Waals surface area contributed by atoms with Crippen LogP contribution in [0.1, 0.15) is 31.4 Å². The molecule has 1 aliphatic rings. The lowest BCUT2D eigenvalue weighted by Gasteiger charge is -2.07. The molecule has 4 heteroatoms. The van der Waals surface area contributed by atoms with Gasteiger partial charge in [0.15, 0.2) is 9.84 Å². The Bertz CT molecular complexity index is 444. The van der Waals surface area contributed by atoms with Gasteiger partial charge in [-0.15, -0.1) is 0 Å². The number of nitrogens with two attached hydrogens (primary N) is 1. The quantitative estimate of drug-likeness (QED) is 0.850. The summed E-state index contributed by atoms with van der Waals surface area (Å²) in [6.45, 7) is 1.88. The minimum atomic E-state index is -3.05. The highest BCUT2D eigenvalue weighted by Gasteiger charge is 2.36. The van der Waals surface area contributed by atoms with Crippen LogP contribution < -0.4 is 5.73 Å². The summed E-state index contributed by atoms with van der Waals surface area (Å²) in [5.74, 6) is 0. The van der Waals surface area contributed by atoms with Gasteiger partial charge in [-0.1, -0.05) is 12.1 Å². The van der Waals surface area contributed by atoms with Crippen molar-refractivity contribution in [3.8, 4) is 0 Å². The fraction of sp³-hybridized carbons (Fsp3) is 0.455. The zero-order valence-electron chi connectivity index (χ0n) is 8.68. The smallest absolute Gasteiger partial charge is 0.181 e. The first-order valence-corrected chi connectivity index (χ1v) is 6.66. The topological polar surface area (TPSA) is 60.2 Å². The number of rotatable bonds is 3. The highest BCUT2D eigenvalue weighted by Crippen LogP contribution is 2.33. The van der Waals surface area contributed by atoms with E-state index in [1.54, 1.807) is 24.3 Å². The predicted octanol–water partition coefficient (Wildman–Crippen LogP) is 1.64. The number of hydrogen-bond donors (Lipinski definition) is 1. The fourth-order valence-corrected chi connectivity index (χ4v) is 3.19. The average Bonchev–Trinajstić information content (AvgIpc) is 3.01. The molecule has 0 aromatic heterocycles. The molecule has 0 radical (unpaired) electrons. The molecule has 0 bridgehead atoms. The second-order valence-electron chi connectivity index (χ2n) is 4.10. The Balaban J connectivity index is 2.31. The van der Waals surface area contributed by atoms with Crippen LogP contribution in [0.15, 0.2) is 29.2 Å². The molecule has 1 fully saturated rings. The van der Waals surface area contributed by atoms with Gasteiger partial charge in [0.25, 0.3) is 0 Å². The van der Waals surface area contributed by atoms with Crippen LogP contribution in [0.2, 0.25) is 0 Å². The van der Waals surface area contributed by atoms with Crippen molar-refractivity contribution in [3.63, 3.8) is 0 Å². The van der Waals surface area contributed by atoms with Gasteiger partial charge >= 0.3 is 0 Å². The summed E-state index contributed by atoms with van der Waals surface area (Å²) < 4.78 is 23.7. The molecule has 0 spiro atoms. The van der Waals surface area contributed by atoms with Crippen LogP contribution in [0.5, 0.6) is 0 Å². The molecule has 82 valence electrons. The van der Waals surface area contributed by atoms with Gasteiger partial charge in [-0.3, -0.25) is 0 Å². The molecule has 2 N–H and O–H groups in total. The van der Waals surface area contributed by atoms with E-state index in [-0.39, 0.29) is 11.3 Å². The largest absolute Gasteiger partial charge is 0.324 e. The molecular formula is C11H15NO2S. The lowest BCUT2D eigenvalue weighted by Crippen LogP contribution is -2.08. The summed E-state index contributed by atoms with van der Waals surface area (Å²) >= 11 is 0. The summed E-state index contributed by atoms with van der Waals surface area (Å²) in [5.41, 5.74) is 6.66. The third kappa shape index (κ3) is 2.06. The lowest BCUT2D eigenvalue weighted by atomic mass is 10.1. The molecule has 0 saturated heterocycles. The number of sulfone groups is 1. The molecule has 0 heterocycles. The van der Waals surface area contributed by atoms with Crippen molar-refractivity contribution in [2.24, 2.45) is 5.73 Å². The van der Waals surface area contributed by atoms with Gasteiger partial charge in [0, 0.05) is 6.04 Å². The van der Waals surface area contributed by atoms with Crippen molar-refractivity contribution < 1.29 is 8.42 Å². The van der Waals surface area contributed by atoms with E-state index in [1.807, 2.05) is 6.92 Å². The maximum Gasteiger partial charge on any atom is 0.181 e. The van der Waals surface area contributed by atoms with Crippen LogP contribution in [0.25, 0.3) is 0 Å². The highest BCUT2D eigenvalue weighted by atomic mass is 32.2. The van der Waals surface area contributed by atoms with Gasteiger partial charge in [-0.2, -0.15) is 0 Å². The van der Waals surface area contributed by atoms with E-state index in [9.17, 15) is 8.42 Å². The lowest BCUT2D eigenvalue weighted by molar-refractivity contribution is 0.594. The Morgan fingerprint density at radius 3 is 2.20 bits per heavy atom. The third-order valence-corrected chi connectivity index (χ3v) is 4.98. The second kappa shape index (κ2) is 3.61. The monoisotopic (exact) mass is 225 g/mol. The molecule has 1 unspecified atom stereocenters. The highest BCUT2D eigenvalue weighted by molar-refractivity contribution is 7.92. The van der Waals surface area contributed by atoms with Gasteiger partial charge < -0.3 is 5.73 Å². The van der Waals surface area contributed by atoms with E-state index < -0.39 is 9.84 Å². The van der Waals surface area contributed by atoms with Crippen molar-refractivity contribution >= 4 is 9.84 Å². The standard InChI is InChI=1S/C11H15NO2S/c1-8(12)9-2-4-10(5-3-9)15(13,14)11-6-7-11/h2-5,8,11H,6-7,12H2,1H3. The second-order valence-corrected chi connectivity index (χ2v) is 6.33. The molecule has 1 aliphatic carbocycles. The number of benzene rings is 1. The van der Waals surface area contributed by atoms with Crippen molar-refractivity contribution in [2.45, 2.75) is 36.0 Å². The van der Waals surface area contributed by atoms with Crippen LogP contribution in [-0.4, -0.2) is 13.7 Å². The van der Waals surface area contributed by atoms with Crippen LogP contribution >= 0.6 is 0 Å². The summed E-state index contributed by atoms with van der Waals surface area (Å²) in [7, 11) is -3.05. The summed E-state index contributed by atoms with van der Waals surface area (Å²) in [6.07, 6.45) is 1.61. The third-order valence-electron chi connectivity index (χ3n) is 2.70. The average molecular weight is 225 g/mol. The Kier molecular flexibility index (Phi) is 2.56. The van der Waals surface area contributed by atoms with Crippen molar-refractivity contribution in [3.05, 3.63) is 29.8 Å².